The molecule has 9 amide bonds. The highest BCUT2D eigenvalue weighted by atomic mass is 16.6. The minimum atomic E-state index is -1.43. The van der Waals surface area contributed by atoms with Gasteiger partial charge in [-0.25, -0.2) is 15.5 Å². The van der Waals surface area contributed by atoms with Crippen molar-refractivity contribution in [3.63, 3.8) is 0 Å². The van der Waals surface area contributed by atoms with E-state index in [1.165, 1.54) is 6.92 Å². The molecule has 5 atom stereocenters. The van der Waals surface area contributed by atoms with E-state index in [0.717, 1.165) is 0 Å². The topological polar surface area (TPSA) is 378 Å². The van der Waals surface area contributed by atoms with Gasteiger partial charge in [-0.05, 0) is 79.3 Å². The van der Waals surface area contributed by atoms with Crippen LogP contribution in [-0.2, 0) is 70.7 Å². The number of hydrogen-bond acceptors (Lipinski definition) is 15. The average Bonchev–Trinajstić information content (AvgIpc) is 3.32. The molecule has 24 heteroatoms. The molecule has 0 aromatic heterocycles. The van der Waals surface area contributed by atoms with E-state index in [0.29, 0.717) is 22.5 Å². The number of carbonyl (C=O) groups excluding carboxylic acids is 11. The van der Waals surface area contributed by atoms with Gasteiger partial charge in [0.25, 0.3) is 6.45 Å². The molecule has 0 saturated heterocycles. The first-order valence-corrected chi connectivity index (χ1v) is 23.4. The van der Waals surface area contributed by atoms with E-state index in [1.54, 1.807) is 76.2 Å². The number of carbonyl (C=O) groups is 11. The molecule has 0 aliphatic carbocycles. The van der Waals surface area contributed by atoms with Crippen molar-refractivity contribution in [3.8, 4) is 0 Å². The lowest BCUT2D eigenvalue weighted by Crippen LogP contribution is -2.54. The van der Waals surface area contributed by atoms with Crippen molar-refractivity contribution in [3.05, 3.63) is 59.7 Å². The summed E-state index contributed by atoms with van der Waals surface area (Å²) in [5.41, 5.74) is 12.3. The van der Waals surface area contributed by atoms with Crippen molar-refractivity contribution in [2.45, 2.75) is 117 Å². The summed E-state index contributed by atoms with van der Waals surface area (Å²) in [5, 5.41) is 18.2. The zero-order valence-corrected chi connectivity index (χ0v) is 41.3. The maximum Gasteiger partial charge on any atom is 0.312 e. The highest BCUT2D eigenvalue weighted by Gasteiger charge is 2.34. The number of nitrogens with one attached hydrogen (secondary N) is 7. The fourth-order valence-electron chi connectivity index (χ4n) is 7.26. The monoisotopic (exact) mass is 1010 g/mol. The van der Waals surface area contributed by atoms with Crippen molar-refractivity contribution >= 4 is 77.0 Å². The Kier molecular flexibility index (Phi) is 26.5. The lowest BCUT2D eigenvalue weighted by molar-refractivity contribution is -0.142. The molecule has 2 rings (SSSR count). The summed E-state index contributed by atoms with van der Waals surface area (Å²) in [6.45, 7) is 7.39. The first-order chi connectivity index (χ1) is 34.5. The highest BCUT2D eigenvalue weighted by molar-refractivity contribution is 5.99. The standard InChI is InChI=1S/C48H70N10O14/c1-28(2)42(38(61)22-33(8-6-20-52-47(49)68)44(65)54-35-14-10-31(11-15-35)24-70-27-59)57-40(63)19-18-37(56-41(64)26-72-51)46(67)58-43(29(3)4)39(62)23-34(9-7-21-53-48(50)69)45(66)55-36-16-12-32(13-17-36)25-71-30(5)60/h10-17,27-29,33-34,37,42-43H,6-9,18-26,51H2,1-5H3,(H,54,65)(H,55,66)(H,56,64)(H,57,63)(H,58,67)(H3,49,52,68)(H3,50,53,69)/i27D. The van der Waals surface area contributed by atoms with Crippen molar-refractivity contribution in [1.29, 1.82) is 0 Å². The van der Waals surface area contributed by atoms with Gasteiger partial charge in [0.2, 0.25) is 29.5 Å². The third-order valence-electron chi connectivity index (χ3n) is 11.0. The summed E-state index contributed by atoms with van der Waals surface area (Å²) in [6.07, 6.45) is -1.84. The third kappa shape index (κ3) is 23.9. The van der Waals surface area contributed by atoms with Crippen LogP contribution in [0.1, 0.15) is 98.5 Å². The Hall–Kier alpha value is -7.47. The van der Waals surface area contributed by atoms with E-state index < -0.39 is 120 Å². The molecule has 0 aliphatic heterocycles. The Labute approximate surface area is 419 Å². The molecule has 24 nitrogen and oxygen atoms in total. The van der Waals surface area contributed by atoms with Crippen LogP contribution in [0.5, 0.6) is 0 Å². The van der Waals surface area contributed by atoms with Gasteiger partial charge in [-0.15, -0.1) is 0 Å². The predicted octanol–water partition coefficient (Wildman–Crippen LogP) is 1.48. The summed E-state index contributed by atoms with van der Waals surface area (Å²) < 4.78 is 16.6. The van der Waals surface area contributed by atoms with Gasteiger partial charge in [0.1, 0.15) is 25.9 Å². The van der Waals surface area contributed by atoms with Crippen LogP contribution in [0, 0.1) is 23.7 Å². The van der Waals surface area contributed by atoms with Crippen LogP contribution in [0.3, 0.4) is 0 Å². The number of ether oxygens (including phenoxy) is 2. The zero-order chi connectivity index (χ0) is 54.6. The second kappa shape index (κ2) is 32.4. The molecule has 0 spiro atoms. The second-order valence-corrected chi connectivity index (χ2v) is 17.6. The highest BCUT2D eigenvalue weighted by Crippen LogP contribution is 2.22. The molecular weight excluding hydrogens is 941 g/mol. The zero-order valence-electron chi connectivity index (χ0n) is 42.3. The van der Waals surface area contributed by atoms with Crippen LogP contribution in [0.15, 0.2) is 48.5 Å². The number of rotatable bonds is 33. The number of amides is 9. The van der Waals surface area contributed by atoms with Gasteiger partial charge >= 0.3 is 18.0 Å². The molecule has 5 unspecified atom stereocenters. The van der Waals surface area contributed by atoms with Crippen LogP contribution >= 0.6 is 0 Å². The molecule has 2 aromatic rings. The van der Waals surface area contributed by atoms with Gasteiger partial charge in [-0.2, -0.15) is 0 Å². The fourth-order valence-corrected chi connectivity index (χ4v) is 7.26. The maximum absolute atomic E-state index is 14.0. The number of ketones is 2. The summed E-state index contributed by atoms with van der Waals surface area (Å²) in [6, 6.07) is 7.45. The molecule has 13 N–H and O–H groups in total. The van der Waals surface area contributed by atoms with Crippen molar-refractivity contribution in [1.82, 2.24) is 26.6 Å². The minimum absolute atomic E-state index is 0.0258. The number of anilines is 2. The van der Waals surface area contributed by atoms with E-state index in [9.17, 15) is 52.7 Å². The van der Waals surface area contributed by atoms with Crippen molar-refractivity contribution < 1.29 is 68.4 Å². The number of esters is 1. The van der Waals surface area contributed by atoms with E-state index >= 15 is 0 Å². The molecule has 0 fully saturated rings. The minimum Gasteiger partial charge on any atom is -0.463 e. The smallest absolute Gasteiger partial charge is 0.312 e. The summed E-state index contributed by atoms with van der Waals surface area (Å²) in [7, 11) is 0. The maximum atomic E-state index is 14.0. The fraction of sp³-hybridized carbons (Fsp3) is 0.521. The Morgan fingerprint density at radius 3 is 1.50 bits per heavy atom. The largest absolute Gasteiger partial charge is 0.463 e. The molecule has 0 radical (unpaired) electrons. The van der Waals surface area contributed by atoms with E-state index in [2.05, 4.69) is 46.8 Å². The molecule has 0 saturated carbocycles. The summed E-state index contributed by atoms with van der Waals surface area (Å²) in [4.78, 5) is 144. The van der Waals surface area contributed by atoms with Crippen LogP contribution < -0.4 is 54.6 Å². The molecule has 0 aliphatic rings. The SMILES string of the molecule is [2H]C(=O)OCc1ccc(NC(=O)C(CCCNC(N)=O)CC(=O)C(NC(=O)CCC(NC(=O)CON)C(=O)NC(C(=O)CC(CCCNC(N)=O)C(=O)Nc2ccc(COC(C)=O)cc2)C(C)C)C(C)C)cc1. The Bertz CT molecular complexity index is 2210. The molecule has 0 heterocycles. The van der Waals surface area contributed by atoms with E-state index in [1.807, 2.05) is 0 Å². The Balaban J connectivity index is 2.24. The number of hydrogen-bond donors (Lipinski definition) is 10. The van der Waals surface area contributed by atoms with Crippen LogP contribution in [0.25, 0.3) is 0 Å². The number of Topliss-reactive ketones (excluding diaryl/α,β-unsaturated/α-hetero) is 2. The van der Waals surface area contributed by atoms with Crippen molar-refractivity contribution in [2.24, 2.45) is 41.0 Å². The Morgan fingerprint density at radius 1 is 0.625 bits per heavy atom. The van der Waals surface area contributed by atoms with Gasteiger partial charge in [0, 0.05) is 62.5 Å². The lowest BCUT2D eigenvalue weighted by Gasteiger charge is -2.27. The first kappa shape index (κ1) is 58.8. The van der Waals surface area contributed by atoms with Gasteiger partial charge in [-0.1, -0.05) is 52.0 Å². The van der Waals surface area contributed by atoms with Gasteiger partial charge in [0.05, 0.1) is 12.1 Å². The predicted molar refractivity (Wildman–Crippen MR) is 261 cm³/mol. The molecular formula is C48H70N10O14. The van der Waals surface area contributed by atoms with Gasteiger partial charge < -0.3 is 58.2 Å². The normalized spacial score (nSPS) is 13.1. The Morgan fingerprint density at radius 2 is 1.08 bits per heavy atom. The number of benzene rings is 2. The van der Waals surface area contributed by atoms with Gasteiger partial charge in [0.15, 0.2) is 12.9 Å². The van der Waals surface area contributed by atoms with Crippen LogP contribution in [0.2, 0.25) is 0 Å². The number of nitrogens with two attached hydrogens (primary N) is 3. The molecule has 2 aromatic carbocycles. The van der Waals surface area contributed by atoms with Crippen LogP contribution in [0.4, 0.5) is 21.0 Å². The molecule has 72 heavy (non-hydrogen) atoms. The van der Waals surface area contributed by atoms with Gasteiger partial charge in [-0.3, -0.25) is 48.0 Å². The van der Waals surface area contributed by atoms with E-state index in [-0.39, 0.29) is 71.2 Å². The second-order valence-electron chi connectivity index (χ2n) is 17.6. The summed E-state index contributed by atoms with van der Waals surface area (Å²) >= 11 is 0. The first-order valence-electron chi connectivity index (χ1n) is 23.9. The molecule has 396 valence electrons. The van der Waals surface area contributed by atoms with E-state index in [4.69, 9.17) is 23.5 Å². The lowest BCUT2D eigenvalue weighted by atomic mass is 9.89. The quantitative estimate of drug-likeness (QED) is 0.0210. The van der Waals surface area contributed by atoms with Crippen molar-refractivity contribution in [2.75, 3.05) is 30.3 Å². The number of primary amides is 2. The third-order valence-corrected chi connectivity index (χ3v) is 11.0. The summed E-state index contributed by atoms with van der Waals surface area (Å²) in [5.74, 6) is -2.73. The molecule has 0 bridgehead atoms. The number of urea groups is 2. The average molecular weight is 1010 g/mol. The van der Waals surface area contributed by atoms with Crippen LogP contribution in [-0.4, -0.2) is 103 Å².